The first-order valence-electron chi connectivity index (χ1n) is 9.01. The van der Waals surface area contributed by atoms with Crippen molar-refractivity contribution in [3.05, 3.63) is 47.8 Å². The summed E-state index contributed by atoms with van der Waals surface area (Å²) in [5.74, 6) is -0.781. The van der Waals surface area contributed by atoms with E-state index < -0.39 is 5.91 Å². The fraction of sp³-hybridized carbons (Fsp3) is 0.421. The molecule has 4 rings (SSSR count). The van der Waals surface area contributed by atoms with Crippen LogP contribution in [0.2, 0.25) is 0 Å². The molecule has 2 fully saturated rings. The van der Waals surface area contributed by atoms with Crippen molar-refractivity contribution in [1.82, 2.24) is 20.0 Å². The summed E-state index contributed by atoms with van der Waals surface area (Å²) < 4.78 is 1.44. The Hall–Kier alpha value is -2.38. The van der Waals surface area contributed by atoms with E-state index in [-0.39, 0.29) is 35.7 Å². The second-order valence-corrected chi connectivity index (χ2v) is 7.21. The third kappa shape index (κ3) is 3.70. The number of piperidine rings is 1. The maximum Gasteiger partial charge on any atom is 0.274 e. The van der Waals surface area contributed by atoms with Crippen molar-refractivity contribution in [1.29, 1.82) is 0 Å². The number of hydrogen-bond donors (Lipinski definition) is 2. The van der Waals surface area contributed by atoms with Gasteiger partial charge >= 0.3 is 0 Å². The lowest BCUT2D eigenvalue weighted by atomic mass is 9.98. The summed E-state index contributed by atoms with van der Waals surface area (Å²) in [6.45, 7) is 0. The molecule has 1 aromatic heterocycles. The molecule has 2 aliphatic rings. The van der Waals surface area contributed by atoms with E-state index in [1.807, 2.05) is 37.4 Å². The Morgan fingerprint density at radius 1 is 1.19 bits per heavy atom. The quantitative estimate of drug-likeness (QED) is 0.833. The minimum Gasteiger partial charge on any atom is -0.364 e. The van der Waals surface area contributed by atoms with Crippen molar-refractivity contribution in [3.8, 4) is 5.69 Å². The van der Waals surface area contributed by atoms with Crippen LogP contribution >= 0.6 is 12.4 Å². The van der Waals surface area contributed by atoms with Gasteiger partial charge < -0.3 is 16.0 Å². The Morgan fingerprint density at radius 3 is 2.41 bits per heavy atom. The normalized spacial score (nSPS) is 23.5. The third-order valence-electron chi connectivity index (χ3n) is 5.50. The highest BCUT2D eigenvalue weighted by Crippen LogP contribution is 2.29. The van der Waals surface area contributed by atoms with E-state index >= 15 is 0 Å². The first-order valence-corrected chi connectivity index (χ1v) is 9.01. The summed E-state index contributed by atoms with van der Waals surface area (Å²) in [7, 11) is 1.82. The number of amides is 2. The molecule has 2 aliphatic heterocycles. The molecule has 0 radical (unpaired) electrons. The van der Waals surface area contributed by atoms with Crippen molar-refractivity contribution >= 4 is 24.2 Å². The van der Waals surface area contributed by atoms with Crippen LogP contribution in [0.1, 0.15) is 46.7 Å². The standard InChI is InChI=1S/C19H23N5O2.ClH/c1-23(15-9-12-7-8-13(10-15)21-12)19(26)16-11-17(18(20)25)24(22-16)14-5-3-2-4-6-14;/h2-6,11-13,15,21H,7-10H2,1H3,(H2,20,25);1H. The van der Waals surface area contributed by atoms with E-state index in [2.05, 4.69) is 10.4 Å². The van der Waals surface area contributed by atoms with Crippen LogP contribution in [-0.4, -0.2) is 51.7 Å². The first-order chi connectivity index (χ1) is 12.5. The molecule has 0 saturated carbocycles. The van der Waals surface area contributed by atoms with Gasteiger partial charge in [-0.2, -0.15) is 5.10 Å². The van der Waals surface area contributed by atoms with Crippen LogP contribution in [0.15, 0.2) is 36.4 Å². The van der Waals surface area contributed by atoms with Gasteiger partial charge in [-0.25, -0.2) is 4.68 Å². The van der Waals surface area contributed by atoms with E-state index in [1.54, 1.807) is 4.90 Å². The van der Waals surface area contributed by atoms with Crippen LogP contribution in [0.4, 0.5) is 0 Å². The van der Waals surface area contributed by atoms with Gasteiger partial charge in [0.15, 0.2) is 5.69 Å². The number of aromatic nitrogens is 2. The Balaban J connectivity index is 0.00000210. The van der Waals surface area contributed by atoms with Gasteiger partial charge in [0.1, 0.15) is 5.69 Å². The Bertz CT molecular complexity index is 826. The monoisotopic (exact) mass is 389 g/mol. The zero-order chi connectivity index (χ0) is 18.3. The van der Waals surface area contributed by atoms with Gasteiger partial charge in [-0.1, -0.05) is 18.2 Å². The number of hydrogen-bond acceptors (Lipinski definition) is 4. The van der Waals surface area contributed by atoms with Crippen molar-refractivity contribution in [3.63, 3.8) is 0 Å². The van der Waals surface area contributed by atoms with Crippen LogP contribution in [0.5, 0.6) is 0 Å². The highest BCUT2D eigenvalue weighted by atomic mass is 35.5. The van der Waals surface area contributed by atoms with E-state index in [0.717, 1.165) is 12.8 Å². The van der Waals surface area contributed by atoms with E-state index in [9.17, 15) is 9.59 Å². The van der Waals surface area contributed by atoms with Gasteiger partial charge in [-0.15, -0.1) is 12.4 Å². The van der Waals surface area contributed by atoms with Gasteiger partial charge in [-0.3, -0.25) is 9.59 Å². The van der Waals surface area contributed by atoms with Crippen molar-refractivity contribution in [2.24, 2.45) is 5.73 Å². The molecule has 0 aliphatic carbocycles. The number of primary amides is 1. The minimum atomic E-state index is -0.608. The lowest BCUT2D eigenvalue weighted by Crippen LogP contribution is -2.48. The van der Waals surface area contributed by atoms with E-state index in [4.69, 9.17) is 5.73 Å². The maximum absolute atomic E-state index is 13.0. The molecule has 27 heavy (non-hydrogen) atoms. The number of carbonyl (C=O) groups excluding carboxylic acids is 2. The minimum absolute atomic E-state index is 0. The molecular weight excluding hydrogens is 366 g/mol. The second-order valence-electron chi connectivity index (χ2n) is 7.21. The molecule has 2 bridgehead atoms. The predicted octanol–water partition coefficient (Wildman–Crippen LogP) is 1.75. The lowest BCUT2D eigenvalue weighted by Gasteiger charge is -2.35. The molecule has 2 saturated heterocycles. The average molecular weight is 390 g/mol. The fourth-order valence-electron chi connectivity index (χ4n) is 4.12. The van der Waals surface area contributed by atoms with Crippen molar-refractivity contribution in [2.45, 2.75) is 43.8 Å². The predicted molar refractivity (Wildman–Crippen MR) is 104 cm³/mol. The largest absolute Gasteiger partial charge is 0.364 e. The van der Waals surface area contributed by atoms with Crippen LogP contribution < -0.4 is 11.1 Å². The molecule has 3 heterocycles. The van der Waals surface area contributed by atoms with Gasteiger partial charge in [0, 0.05) is 31.2 Å². The molecule has 0 spiro atoms. The fourth-order valence-corrected chi connectivity index (χ4v) is 4.12. The molecule has 3 N–H and O–H groups in total. The Labute approximate surface area is 164 Å². The Morgan fingerprint density at radius 2 is 1.81 bits per heavy atom. The number of rotatable bonds is 4. The molecule has 2 unspecified atom stereocenters. The molecule has 2 aromatic rings. The molecule has 144 valence electrons. The van der Waals surface area contributed by atoms with Crippen LogP contribution in [0.3, 0.4) is 0 Å². The number of benzene rings is 1. The smallest absolute Gasteiger partial charge is 0.274 e. The zero-order valence-corrected chi connectivity index (χ0v) is 16.0. The lowest BCUT2D eigenvalue weighted by molar-refractivity contribution is 0.0675. The van der Waals surface area contributed by atoms with Crippen molar-refractivity contribution < 1.29 is 9.59 Å². The molecule has 8 heteroatoms. The van der Waals surface area contributed by atoms with Gasteiger partial charge in [-0.05, 0) is 37.8 Å². The number of nitrogens with two attached hydrogens (primary N) is 1. The van der Waals surface area contributed by atoms with Crippen LogP contribution in [0, 0.1) is 0 Å². The number of fused-ring (bicyclic) bond motifs is 2. The van der Waals surface area contributed by atoms with E-state index in [0.29, 0.717) is 17.8 Å². The maximum atomic E-state index is 13.0. The Kier molecular flexibility index (Phi) is 5.53. The number of nitrogens with zero attached hydrogens (tertiary/aromatic N) is 3. The SMILES string of the molecule is CN(C(=O)c1cc(C(N)=O)n(-c2ccccc2)n1)C1CC2CCC(C1)N2.Cl. The van der Waals surface area contributed by atoms with Gasteiger partial charge in [0.25, 0.3) is 11.8 Å². The van der Waals surface area contributed by atoms with Crippen LogP contribution in [-0.2, 0) is 0 Å². The first kappa shape index (κ1) is 19.4. The average Bonchev–Trinajstić information content (AvgIpc) is 3.24. The van der Waals surface area contributed by atoms with Gasteiger partial charge in [0.2, 0.25) is 0 Å². The molecule has 7 nitrogen and oxygen atoms in total. The number of carbonyl (C=O) groups is 2. The number of para-hydroxylation sites is 1. The van der Waals surface area contributed by atoms with Crippen molar-refractivity contribution in [2.75, 3.05) is 7.05 Å². The summed E-state index contributed by atoms with van der Waals surface area (Å²) in [5, 5.41) is 7.96. The molecule has 1 aromatic carbocycles. The molecule has 2 atom stereocenters. The number of halogens is 1. The summed E-state index contributed by atoms with van der Waals surface area (Å²) in [4.78, 5) is 26.6. The second kappa shape index (κ2) is 7.70. The van der Waals surface area contributed by atoms with Gasteiger partial charge in [0.05, 0.1) is 5.69 Å². The summed E-state index contributed by atoms with van der Waals surface area (Å²) in [5.41, 5.74) is 6.65. The molecule has 2 amide bonds. The highest BCUT2D eigenvalue weighted by Gasteiger charge is 2.37. The summed E-state index contributed by atoms with van der Waals surface area (Å²) in [6, 6.07) is 11.9. The van der Waals surface area contributed by atoms with Crippen LogP contribution in [0.25, 0.3) is 5.69 Å². The number of nitrogens with one attached hydrogen (secondary N) is 1. The zero-order valence-electron chi connectivity index (χ0n) is 15.2. The topological polar surface area (TPSA) is 93.2 Å². The highest BCUT2D eigenvalue weighted by molar-refractivity contribution is 5.97. The summed E-state index contributed by atoms with van der Waals surface area (Å²) in [6.07, 6.45) is 4.27. The van der Waals surface area contributed by atoms with E-state index in [1.165, 1.54) is 23.6 Å². The molecular formula is C19H24ClN5O2. The summed E-state index contributed by atoms with van der Waals surface area (Å²) >= 11 is 0. The third-order valence-corrected chi connectivity index (χ3v) is 5.50.